The maximum atomic E-state index is 14.5. The Bertz CT molecular complexity index is 1800. The zero-order chi connectivity index (χ0) is 38.9. The maximum absolute atomic E-state index is 14.5. The van der Waals surface area contributed by atoms with Crippen LogP contribution in [0.3, 0.4) is 0 Å². The van der Waals surface area contributed by atoms with Crippen LogP contribution in [0.25, 0.3) is 0 Å². The van der Waals surface area contributed by atoms with Crippen LogP contribution in [0, 0.1) is 5.92 Å². The number of β-amino-alcohol motifs (C(OH)–C–C–N with tert-alkyl or cyclic N) is 1. The average Bonchev–Trinajstić information content (AvgIpc) is 3.55. The van der Waals surface area contributed by atoms with Gasteiger partial charge in [-0.2, -0.15) is 0 Å². The molecular weight excluding hydrogens is 694 g/mol. The van der Waals surface area contributed by atoms with Gasteiger partial charge in [-0.15, -0.1) is 0 Å². The quantitative estimate of drug-likeness (QED) is 0.358. The second-order valence-corrected chi connectivity index (χ2v) is 17.5. The van der Waals surface area contributed by atoms with E-state index in [1.165, 1.54) is 53.4 Å². The lowest BCUT2D eigenvalue weighted by Crippen LogP contribution is -2.58. The molecule has 0 spiro atoms. The fourth-order valence-corrected chi connectivity index (χ4v) is 6.73. The fraction of sp³-hybridized carbons (Fsp3) is 0.528. The Morgan fingerprint density at radius 2 is 1.52 bits per heavy atom. The lowest BCUT2D eigenvalue weighted by atomic mass is 10.0. The molecule has 2 aromatic carbocycles. The van der Waals surface area contributed by atoms with Gasteiger partial charge in [-0.1, -0.05) is 19.9 Å². The van der Waals surface area contributed by atoms with Crippen molar-refractivity contribution in [1.82, 2.24) is 20.2 Å². The number of ether oxygens (including phenoxy) is 2. The minimum atomic E-state index is -3.63. The maximum Gasteiger partial charge on any atom is 0.429 e. The number of aliphatic hydroxyl groups excluding tert-OH is 1. The van der Waals surface area contributed by atoms with E-state index in [-0.39, 0.29) is 41.5 Å². The number of likely N-dealkylation sites (tertiary alicyclic amines) is 1. The van der Waals surface area contributed by atoms with Gasteiger partial charge in [0.15, 0.2) is 9.84 Å². The summed E-state index contributed by atoms with van der Waals surface area (Å²) in [6.07, 6.45) is -1.67. The summed E-state index contributed by atoms with van der Waals surface area (Å²) in [5.41, 5.74) is -1.03. The molecule has 2 aliphatic rings. The van der Waals surface area contributed by atoms with Crippen LogP contribution in [0.15, 0.2) is 53.4 Å². The topological polar surface area (TPSA) is 192 Å². The van der Waals surface area contributed by atoms with E-state index < -0.39 is 75.2 Å². The van der Waals surface area contributed by atoms with Crippen LogP contribution in [-0.2, 0) is 24.1 Å². The van der Waals surface area contributed by atoms with Gasteiger partial charge in [0.25, 0.3) is 17.7 Å². The minimum Gasteiger partial charge on any atom is -0.444 e. The van der Waals surface area contributed by atoms with Crippen molar-refractivity contribution in [3.8, 4) is 0 Å². The second-order valence-electron chi connectivity index (χ2n) is 15.5. The number of carbonyl (C=O) groups is 5. The number of rotatable bonds is 8. The number of hydrogen-bond donors (Lipinski definition) is 3. The first-order valence-electron chi connectivity index (χ1n) is 17.0. The van der Waals surface area contributed by atoms with Gasteiger partial charge in [0.1, 0.15) is 23.3 Å². The number of amides is 5. The molecule has 0 saturated carbocycles. The van der Waals surface area contributed by atoms with E-state index in [0.717, 1.165) is 16.3 Å². The molecule has 284 valence electrons. The summed E-state index contributed by atoms with van der Waals surface area (Å²) in [4.78, 5) is 68.9. The molecule has 15 nitrogen and oxygen atoms in total. The van der Waals surface area contributed by atoms with Crippen molar-refractivity contribution in [2.45, 2.75) is 102 Å². The van der Waals surface area contributed by atoms with Gasteiger partial charge >= 0.3 is 12.2 Å². The van der Waals surface area contributed by atoms with Crippen molar-refractivity contribution in [3.63, 3.8) is 0 Å². The third-order valence-electron chi connectivity index (χ3n) is 8.18. The molecule has 2 aromatic rings. The van der Waals surface area contributed by atoms with Crippen molar-refractivity contribution >= 4 is 45.4 Å². The first kappa shape index (κ1) is 40.1. The van der Waals surface area contributed by atoms with E-state index in [2.05, 4.69) is 10.6 Å². The monoisotopic (exact) mass is 743 g/mol. The molecule has 5 amide bonds. The SMILES string of the molecule is CC(C)C[C@H](NC(=O)c1ccc(NC(=O)OC(C)(C)C)cc1)C(=O)N1[C@@H]2[C@@H](CN1C(=O)OC(C)(C)C)N(C(=O)c1cccc(S(C)(=O)=O)c1)C[C@@H]2O. The number of benzene rings is 2. The van der Waals surface area contributed by atoms with Crippen LogP contribution in [0.4, 0.5) is 15.3 Å². The summed E-state index contributed by atoms with van der Waals surface area (Å²) in [5, 5.41) is 18.9. The van der Waals surface area contributed by atoms with Crippen molar-refractivity contribution in [1.29, 1.82) is 0 Å². The summed E-state index contributed by atoms with van der Waals surface area (Å²) in [6.45, 7) is 13.5. The summed E-state index contributed by atoms with van der Waals surface area (Å²) in [6, 6.07) is 8.33. The van der Waals surface area contributed by atoms with Crippen molar-refractivity contribution in [3.05, 3.63) is 59.7 Å². The number of sulfone groups is 1. The molecule has 4 atom stereocenters. The number of carbonyl (C=O) groups excluding carboxylic acids is 5. The number of nitrogens with one attached hydrogen (secondary N) is 2. The van der Waals surface area contributed by atoms with Crippen molar-refractivity contribution in [2.24, 2.45) is 5.92 Å². The number of hydrazine groups is 1. The van der Waals surface area contributed by atoms with E-state index >= 15 is 0 Å². The predicted octanol–water partition coefficient (Wildman–Crippen LogP) is 3.83. The average molecular weight is 744 g/mol. The van der Waals surface area contributed by atoms with Crippen molar-refractivity contribution in [2.75, 3.05) is 24.7 Å². The molecule has 2 aliphatic heterocycles. The number of nitrogens with zero attached hydrogens (tertiary/aromatic N) is 3. The number of anilines is 1. The van der Waals surface area contributed by atoms with E-state index in [1.807, 2.05) is 13.8 Å². The Morgan fingerprint density at radius 1 is 0.904 bits per heavy atom. The highest BCUT2D eigenvalue weighted by atomic mass is 32.2. The number of aliphatic hydroxyl groups is 1. The largest absolute Gasteiger partial charge is 0.444 e. The van der Waals surface area contributed by atoms with E-state index in [9.17, 15) is 37.5 Å². The summed E-state index contributed by atoms with van der Waals surface area (Å²) in [7, 11) is -3.63. The molecule has 2 heterocycles. The molecular formula is C36H49N5O10S. The molecule has 4 rings (SSSR count). The molecule has 0 aliphatic carbocycles. The molecule has 0 bridgehead atoms. The zero-order valence-corrected chi connectivity index (χ0v) is 31.8. The third-order valence-corrected chi connectivity index (χ3v) is 9.29. The number of fused-ring (bicyclic) bond motifs is 1. The molecule has 52 heavy (non-hydrogen) atoms. The van der Waals surface area contributed by atoms with Gasteiger partial charge in [-0.05, 0) is 96.3 Å². The lowest BCUT2D eigenvalue weighted by Gasteiger charge is -2.36. The molecule has 3 N–H and O–H groups in total. The molecule has 2 saturated heterocycles. The second kappa shape index (κ2) is 15.1. The molecule has 0 aromatic heterocycles. The van der Waals surface area contributed by atoms with Gasteiger partial charge in [0, 0.05) is 29.6 Å². The van der Waals surface area contributed by atoms with E-state index in [4.69, 9.17) is 9.47 Å². The van der Waals surface area contributed by atoms with Gasteiger partial charge in [0.05, 0.1) is 23.6 Å². The van der Waals surface area contributed by atoms with Gasteiger partial charge in [-0.25, -0.2) is 28.0 Å². The Labute approximate surface area is 304 Å². The van der Waals surface area contributed by atoms with Crippen LogP contribution in [-0.4, -0.2) is 113 Å². The van der Waals surface area contributed by atoms with Crippen LogP contribution in [0.5, 0.6) is 0 Å². The van der Waals surface area contributed by atoms with Gasteiger partial charge in [-0.3, -0.25) is 19.7 Å². The van der Waals surface area contributed by atoms with Crippen LogP contribution >= 0.6 is 0 Å². The lowest BCUT2D eigenvalue weighted by molar-refractivity contribution is -0.152. The standard InChI is InChI=1S/C36H49N5O10S/c1-21(2)17-26(38-30(43)22-13-15-24(16-14-22)37-33(46)50-35(3,4)5)32(45)41-29-27(19-40(41)34(47)51-36(6,7)8)39(20-28(29)42)31(44)23-11-10-12-25(18-23)52(9,48)49/h10-16,18,21,26-29,42H,17,19-20H2,1-9H3,(H,37,46)(H,38,43)/t26-,27+,28-,29+/m0/s1. The highest BCUT2D eigenvalue weighted by molar-refractivity contribution is 7.90. The smallest absolute Gasteiger partial charge is 0.429 e. The Morgan fingerprint density at radius 3 is 2.08 bits per heavy atom. The summed E-state index contributed by atoms with van der Waals surface area (Å²) < 4.78 is 35.3. The normalized spacial score (nSPS) is 19.6. The molecule has 0 radical (unpaired) electrons. The molecule has 0 unspecified atom stereocenters. The van der Waals surface area contributed by atoms with Crippen molar-refractivity contribution < 1.29 is 47.0 Å². The predicted molar refractivity (Wildman–Crippen MR) is 191 cm³/mol. The van der Waals surface area contributed by atoms with Crippen LogP contribution < -0.4 is 10.6 Å². The minimum absolute atomic E-state index is 0.0571. The summed E-state index contributed by atoms with van der Waals surface area (Å²) in [5.74, 6) is -1.99. The first-order valence-corrected chi connectivity index (χ1v) is 18.9. The van der Waals surface area contributed by atoms with Gasteiger partial charge in [0.2, 0.25) is 0 Å². The Kier molecular flexibility index (Phi) is 11.6. The van der Waals surface area contributed by atoms with E-state index in [1.54, 1.807) is 41.5 Å². The van der Waals surface area contributed by atoms with E-state index in [0.29, 0.717) is 5.69 Å². The third kappa shape index (κ3) is 9.79. The Hall–Kier alpha value is -4.70. The first-order chi connectivity index (χ1) is 23.9. The van der Waals surface area contributed by atoms with Gasteiger partial charge < -0.3 is 24.8 Å². The fourth-order valence-electron chi connectivity index (χ4n) is 6.07. The number of hydrogen-bond acceptors (Lipinski definition) is 10. The summed E-state index contributed by atoms with van der Waals surface area (Å²) >= 11 is 0. The van der Waals surface area contributed by atoms with Crippen LogP contribution in [0.1, 0.15) is 82.5 Å². The highest BCUT2D eigenvalue weighted by Crippen LogP contribution is 2.35. The molecule has 2 fully saturated rings. The Balaban J connectivity index is 1.63. The zero-order valence-electron chi connectivity index (χ0n) is 31.0. The van der Waals surface area contributed by atoms with Crippen LogP contribution in [0.2, 0.25) is 0 Å². The highest BCUT2D eigenvalue weighted by Gasteiger charge is 2.57. The molecule has 16 heteroatoms.